The molecule has 9 nitrogen and oxygen atoms in total. The molecule has 0 unspecified atom stereocenters. The molecule has 4 heterocycles. The number of hydrogen-bond acceptors (Lipinski definition) is 7. The summed E-state index contributed by atoms with van der Waals surface area (Å²) < 4.78 is 1.58. The van der Waals surface area contributed by atoms with Gasteiger partial charge in [-0.15, -0.1) is 10.2 Å². The first-order valence-electron chi connectivity index (χ1n) is 10.9. The molecule has 0 bridgehead atoms. The standard InChI is InChI=1S/C22H25ClN8O/c23-18-2-1-3-19(14-18)28-10-12-30(13-11-28)22(32)17-6-8-29(9-7-17)20-4-5-21(27-26-20)31-16-24-15-25-31/h1-5,14-17H,6-13H2. The quantitative estimate of drug-likeness (QED) is 0.600. The van der Waals surface area contributed by atoms with Crippen LogP contribution in [0.25, 0.3) is 5.82 Å². The first kappa shape index (κ1) is 20.7. The maximum Gasteiger partial charge on any atom is 0.225 e. The third-order valence-electron chi connectivity index (χ3n) is 6.22. The summed E-state index contributed by atoms with van der Waals surface area (Å²) in [5, 5.41) is 13.4. The molecule has 10 heteroatoms. The monoisotopic (exact) mass is 452 g/mol. The van der Waals surface area contributed by atoms with Gasteiger partial charge in [-0.25, -0.2) is 9.67 Å². The number of anilines is 2. The number of rotatable bonds is 4. The summed E-state index contributed by atoms with van der Waals surface area (Å²) in [6.45, 7) is 4.77. The third kappa shape index (κ3) is 4.38. The molecular weight excluding hydrogens is 428 g/mol. The van der Waals surface area contributed by atoms with Crippen molar-refractivity contribution in [2.24, 2.45) is 5.92 Å². The van der Waals surface area contributed by atoms with E-state index in [2.05, 4.69) is 36.1 Å². The summed E-state index contributed by atoms with van der Waals surface area (Å²) in [5.41, 5.74) is 1.12. The van der Waals surface area contributed by atoms with Gasteiger partial charge in [0.1, 0.15) is 12.7 Å². The van der Waals surface area contributed by atoms with E-state index in [9.17, 15) is 4.79 Å². The van der Waals surface area contributed by atoms with Crippen molar-refractivity contribution < 1.29 is 4.79 Å². The molecule has 32 heavy (non-hydrogen) atoms. The highest BCUT2D eigenvalue weighted by molar-refractivity contribution is 6.30. The van der Waals surface area contributed by atoms with Gasteiger partial charge in [0.15, 0.2) is 11.6 Å². The molecule has 166 valence electrons. The normalized spacial score (nSPS) is 17.6. The average Bonchev–Trinajstić information content (AvgIpc) is 3.39. The number of hydrogen-bond donors (Lipinski definition) is 0. The van der Waals surface area contributed by atoms with Gasteiger partial charge in [0, 0.05) is 55.9 Å². The molecule has 2 saturated heterocycles. The Balaban J connectivity index is 1.12. The molecule has 1 aromatic carbocycles. The van der Waals surface area contributed by atoms with Crippen molar-refractivity contribution >= 4 is 29.0 Å². The fourth-order valence-electron chi connectivity index (χ4n) is 4.41. The van der Waals surface area contributed by atoms with Crippen molar-refractivity contribution in [2.45, 2.75) is 12.8 Å². The highest BCUT2D eigenvalue weighted by Gasteiger charge is 2.31. The van der Waals surface area contributed by atoms with Gasteiger partial charge in [-0.3, -0.25) is 4.79 Å². The van der Waals surface area contributed by atoms with Crippen LogP contribution in [0.4, 0.5) is 11.5 Å². The van der Waals surface area contributed by atoms with Gasteiger partial charge in [-0.05, 0) is 43.2 Å². The van der Waals surface area contributed by atoms with Crippen molar-refractivity contribution in [2.75, 3.05) is 49.1 Å². The number of aromatic nitrogens is 5. The molecular formula is C22H25ClN8O. The highest BCUT2D eigenvalue weighted by Crippen LogP contribution is 2.25. The van der Waals surface area contributed by atoms with Crippen molar-refractivity contribution in [3.8, 4) is 5.82 Å². The minimum Gasteiger partial charge on any atom is -0.368 e. The van der Waals surface area contributed by atoms with Crippen LogP contribution >= 0.6 is 11.6 Å². The SMILES string of the molecule is O=C(C1CCN(c2ccc(-n3cncn3)nn2)CC1)N1CCN(c2cccc(Cl)c2)CC1. The topological polar surface area (TPSA) is 83.3 Å². The van der Waals surface area contributed by atoms with E-state index < -0.39 is 0 Å². The summed E-state index contributed by atoms with van der Waals surface area (Å²) in [6.07, 6.45) is 4.73. The fourth-order valence-corrected chi connectivity index (χ4v) is 4.59. The average molecular weight is 453 g/mol. The van der Waals surface area contributed by atoms with Crippen LogP contribution in [0.5, 0.6) is 0 Å². The Morgan fingerprint density at radius 1 is 0.906 bits per heavy atom. The lowest BCUT2D eigenvalue weighted by molar-refractivity contribution is -0.136. The number of halogens is 1. The van der Waals surface area contributed by atoms with E-state index in [1.165, 1.54) is 6.33 Å². The van der Waals surface area contributed by atoms with Gasteiger partial charge < -0.3 is 14.7 Å². The predicted octanol–water partition coefficient (Wildman–Crippen LogP) is 2.28. The zero-order valence-electron chi connectivity index (χ0n) is 17.7. The first-order valence-corrected chi connectivity index (χ1v) is 11.3. The van der Waals surface area contributed by atoms with Gasteiger partial charge in [-0.2, -0.15) is 5.10 Å². The van der Waals surface area contributed by atoms with Crippen LogP contribution in [0.3, 0.4) is 0 Å². The number of carbonyl (C=O) groups excluding carboxylic acids is 1. The van der Waals surface area contributed by atoms with Crippen molar-refractivity contribution in [3.63, 3.8) is 0 Å². The molecule has 2 aromatic heterocycles. The second-order valence-electron chi connectivity index (χ2n) is 8.14. The predicted molar refractivity (Wildman–Crippen MR) is 122 cm³/mol. The van der Waals surface area contributed by atoms with E-state index in [4.69, 9.17) is 11.6 Å². The summed E-state index contributed by atoms with van der Waals surface area (Å²) in [6, 6.07) is 11.7. The maximum atomic E-state index is 13.1. The van der Waals surface area contributed by atoms with Crippen LogP contribution in [0.1, 0.15) is 12.8 Å². The number of amides is 1. The van der Waals surface area contributed by atoms with Gasteiger partial charge in [0.2, 0.25) is 5.91 Å². The van der Waals surface area contributed by atoms with Crippen LogP contribution in [0.15, 0.2) is 49.1 Å². The second kappa shape index (κ2) is 9.12. The largest absolute Gasteiger partial charge is 0.368 e. The van der Waals surface area contributed by atoms with Crippen LogP contribution < -0.4 is 9.80 Å². The van der Waals surface area contributed by atoms with E-state index in [1.54, 1.807) is 11.0 Å². The Hall–Kier alpha value is -3.20. The molecule has 0 N–H and O–H groups in total. The highest BCUT2D eigenvalue weighted by atomic mass is 35.5. The van der Waals surface area contributed by atoms with E-state index in [0.29, 0.717) is 5.82 Å². The lowest BCUT2D eigenvalue weighted by Gasteiger charge is -2.39. The van der Waals surface area contributed by atoms with E-state index in [0.717, 1.165) is 68.6 Å². The molecule has 0 radical (unpaired) electrons. The minimum atomic E-state index is 0.0753. The summed E-state index contributed by atoms with van der Waals surface area (Å²) in [7, 11) is 0. The van der Waals surface area contributed by atoms with Gasteiger partial charge in [0.05, 0.1) is 0 Å². The molecule has 0 atom stereocenters. The van der Waals surface area contributed by atoms with Crippen LogP contribution in [-0.4, -0.2) is 75.0 Å². The molecule has 3 aromatic rings. The Kier molecular flexibility index (Phi) is 5.89. The zero-order chi connectivity index (χ0) is 21.9. The van der Waals surface area contributed by atoms with Crippen molar-refractivity contribution in [3.05, 3.63) is 54.1 Å². The molecule has 2 aliphatic heterocycles. The number of carbonyl (C=O) groups is 1. The Morgan fingerprint density at radius 2 is 1.66 bits per heavy atom. The van der Waals surface area contributed by atoms with Gasteiger partial charge in [0.25, 0.3) is 0 Å². The third-order valence-corrected chi connectivity index (χ3v) is 6.46. The Bertz CT molecular complexity index is 1040. The summed E-state index contributed by atoms with van der Waals surface area (Å²) >= 11 is 6.12. The first-order chi connectivity index (χ1) is 15.7. The molecule has 0 saturated carbocycles. The molecule has 2 fully saturated rings. The van der Waals surface area contributed by atoms with E-state index in [1.807, 2.05) is 35.2 Å². The fraction of sp³-hybridized carbons (Fsp3) is 0.409. The molecule has 1 amide bonds. The Morgan fingerprint density at radius 3 is 2.31 bits per heavy atom. The molecule has 0 spiro atoms. The lowest BCUT2D eigenvalue weighted by atomic mass is 9.95. The molecule has 2 aliphatic rings. The van der Waals surface area contributed by atoms with Crippen LogP contribution in [0.2, 0.25) is 5.02 Å². The Labute approximate surface area is 191 Å². The zero-order valence-corrected chi connectivity index (χ0v) is 18.5. The molecule has 0 aliphatic carbocycles. The van der Waals surface area contributed by atoms with Crippen molar-refractivity contribution in [1.82, 2.24) is 29.9 Å². The molecule has 5 rings (SSSR count). The maximum absolute atomic E-state index is 13.1. The van der Waals surface area contributed by atoms with Gasteiger partial charge in [-0.1, -0.05) is 17.7 Å². The number of benzene rings is 1. The number of piperazine rings is 1. The minimum absolute atomic E-state index is 0.0753. The number of piperidine rings is 1. The lowest BCUT2D eigenvalue weighted by Crippen LogP contribution is -2.51. The van der Waals surface area contributed by atoms with E-state index in [-0.39, 0.29) is 11.8 Å². The van der Waals surface area contributed by atoms with Crippen molar-refractivity contribution in [1.29, 1.82) is 0 Å². The smallest absolute Gasteiger partial charge is 0.225 e. The summed E-state index contributed by atoms with van der Waals surface area (Å²) in [4.78, 5) is 23.5. The summed E-state index contributed by atoms with van der Waals surface area (Å²) in [5.74, 6) is 1.82. The van der Waals surface area contributed by atoms with Crippen LogP contribution in [0, 0.1) is 5.92 Å². The second-order valence-corrected chi connectivity index (χ2v) is 8.58. The van der Waals surface area contributed by atoms with Crippen LogP contribution in [-0.2, 0) is 4.79 Å². The van der Waals surface area contributed by atoms with E-state index >= 15 is 0 Å². The van der Waals surface area contributed by atoms with Gasteiger partial charge >= 0.3 is 0 Å². The number of nitrogens with zero attached hydrogens (tertiary/aromatic N) is 8.